The lowest BCUT2D eigenvalue weighted by molar-refractivity contribution is -0.124. The van der Waals surface area contributed by atoms with E-state index in [9.17, 15) is 9.59 Å². The summed E-state index contributed by atoms with van der Waals surface area (Å²) in [4.78, 5) is 26.2. The number of nitrogens with zero attached hydrogens (tertiary/aromatic N) is 1. The fourth-order valence-electron chi connectivity index (χ4n) is 2.64. The van der Waals surface area contributed by atoms with Gasteiger partial charge in [-0.25, -0.2) is 0 Å². The first kappa shape index (κ1) is 14.6. The van der Waals surface area contributed by atoms with Crippen molar-refractivity contribution in [3.63, 3.8) is 0 Å². The highest BCUT2D eigenvalue weighted by molar-refractivity contribution is 6.30. The van der Waals surface area contributed by atoms with E-state index in [2.05, 4.69) is 5.32 Å². The molecule has 0 aromatic heterocycles. The molecule has 0 bridgehead atoms. The zero-order chi connectivity index (χ0) is 15.7. The van der Waals surface area contributed by atoms with Crippen LogP contribution in [0.15, 0.2) is 48.5 Å². The molecular weight excluding hydrogens is 300 g/mol. The van der Waals surface area contributed by atoms with Crippen molar-refractivity contribution < 1.29 is 9.59 Å². The Labute approximate surface area is 133 Å². The van der Waals surface area contributed by atoms with E-state index in [-0.39, 0.29) is 18.2 Å². The van der Waals surface area contributed by atoms with E-state index in [1.807, 2.05) is 24.3 Å². The number of fused-ring (bicyclic) bond motifs is 1. The zero-order valence-electron chi connectivity index (χ0n) is 12.0. The fraction of sp³-hybridized carbons (Fsp3) is 0.176. The summed E-state index contributed by atoms with van der Waals surface area (Å²) in [6.45, 7) is 0. The molecule has 0 spiro atoms. The molecule has 1 heterocycles. The monoisotopic (exact) mass is 314 g/mol. The van der Waals surface area contributed by atoms with Gasteiger partial charge in [-0.05, 0) is 35.9 Å². The molecule has 1 aliphatic heterocycles. The number of carbonyl (C=O) groups excluding carboxylic acids is 2. The molecule has 0 fully saturated rings. The van der Waals surface area contributed by atoms with Crippen LogP contribution in [0.2, 0.25) is 5.02 Å². The number of anilines is 2. The highest BCUT2D eigenvalue weighted by atomic mass is 35.5. The van der Waals surface area contributed by atoms with Gasteiger partial charge in [0.05, 0.1) is 5.92 Å². The molecule has 0 radical (unpaired) electrons. The van der Waals surface area contributed by atoms with Gasteiger partial charge < -0.3 is 10.2 Å². The van der Waals surface area contributed by atoms with Crippen LogP contribution in [0.1, 0.15) is 17.9 Å². The maximum Gasteiger partial charge on any atom is 0.232 e. The summed E-state index contributed by atoms with van der Waals surface area (Å²) >= 11 is 5.84. The Hall–Kier alpha value is -2.33. The van der Waals surface area contributed by atoms with Gasteiger partial charge in [-0.3, -0.25) is 9.59 Å². The first-order chi connectivity index (χ1) is 10.6. The second-order valence-corrected chi connectivity index (χ2v) is 5.70. The second-order valence-electron chi connectivity index (χ2n) is 5.26. The van der Waals surface area contributed by atoms with Gasteiger partial charge in [-0.2, -0.15) is 0 Å². The molecule has 1 atom stereocenters. The molecule has 22 heavy (non-hydrogen) atoms. The minimum atomic E-state index is -0.476. The number of para-hydroxylation sites is 1. The highest BCUT2D eigenvalue weighted by Gasteiger charge is 2.33. The van der Waals surface area contributed by atoms with Crippen molar-refractivity contribution in [2.24, 2.45) is 0 Å². The maximum absolute atomic E-state index is 12.6. The van der Waals surface area contributed by atoms with Crippen molar-refractivity contribution in [1.29, 1.82) is 0 Å². The van der Waals surface area contributed by atoms with Crippen LogP contribution in [-0.2, 0) is 9.59 Å². The van der Waals surface area contributed by atoms with Gasteiger partial charge in [0.2, 0.25) is 11.8 Å². The van der Waals surface area contributed by atoms with Crippen LogP contribution in [0.4, 0.5) is 11.4 Å². The Morgan fingerprint density at radius 1 is 1.18 bits per heavy atom. The van der Waals surface area contributed by atoms with Crippen molar-refractivity contribution in [1.82, 2.24) is 0 Å². The summed E-state index contributed by atoms with van der Waals surface area (Å²) in [5.74, 6) is -0.721. The number of nitrogens with one attached hydrogen (secondary N) is 1. The number of halogens is 1. The number of hydrogen-bond acceptors (Lipinski definition) is 2. The third kappa shape index (κ3) is 2.70. The van der Waals surface area contributed by atoms with Crippen molar-refractivity contribution in [3.8, 4) is 0 Å². The van der Waals surface area contributed by atoms with Crippen LogP contribution in [0, 0.1) is 0 Å². The smallest absolute Gasteiger partial charge is 0.232 e. The average molecular weight is 315 g/mol. The molecule has 2 aromatic carbocycles. The standard InChI is InChI=1S/C17H15ClN2O2/c1-20-15-5-3-2-4-13(15)14(10-16(20)21)17(22)19-12-8-6-11(18)7-9-12/h2-9,14H,10H2,1H3,(H,19,22). The minimum absolute atomic E-state index is 0.0602. The molecule has 112 valence electrons. The number of rotatable bonds is 2. The van der Waals surface area contributed by atoms with Gasteiger partial charge in [0.1, 0.15) is 0 Å². The SMILES string of the molecule is CN1C(=O)CC(C(=O)Nc2ccc(Cl)cc2)c2ccccc21. The molecule has 0 saturated carbocycles. The summed E-state index contributed by atoms with van der Waals surface area (Å²) in [7, 11) is 1.73. The lowest BCUT2D eigenvalue weighted by Gasteiger charge is -2.30. The van der Waals surface area contributed by atoms with Gasteiger partial charge >= 0.3 is 0 Å². The molecule has 0 saturated heterocycles. The fourth-order valence-corrected chi connectivity index (χ4v) is 2.77. The van der Waals surface area contributed by atoms with Crippen LogP contribution in [0.25, 0.3) is 0 Å². The lowest BCUT2D eigenvalue weighted by atomic mass is 9.89. The number of benzene rings is 2. The molecule has 0 aliphatic carbocycles. The largest absolute Gasteiger partial charge is 0.326 e. The normalized spacial score (nSPS) is 17.1. The Morgan fingerprint density at radius 3 is 2.59 bits per heavy atom. The molecule has 1 N–H and O–H groups in total. The van der Waals surface area contributed by atoms with Crippen LogP contribution >= 0.6 is 11.6 Å². The van der Waals surface area contributed by atoms with E-state index in [1.165, 1.54) is 0 Å². The lowest BCUT2D eigenvalue weighted by Crippen LogP contribution is -2.37. The summed E-state index contributed by atoms with van der Waals surface area (Å²) in [6, 6.07) is 14.4. The molecule has 3 rings (SSSR count). The minimum Gasteiger partial charge on any atom is -0.326 e. The van der Waals surface area contributed by atoms with Gasteiger partial charge in [0.15, 0.2) is 0 Å². The molecule has 2 amide bonds. The summed E-state index contributed by atoms with van der Waals surface area (Å²) in [5, 5.41) is 3.46. The van der Waals surface area contributed by atoms with Crippen LogP contribution in [-0.4, -0.2) is 18.9 Å². The quantitative estimate of drug-likeness (QED) is 0.923. The number of carbonyl (C=O) groups is 2. The Morgan fingerprint density at radius 2 is 1.86 bits per heavy atom. The molecule has 2 aromatic rings. The highest BCUT2D eigenvalue weighted by Crippen LogP contribution is 2.35. The topological polar surface area (TPSA) is 49.4 Å². The first-order valence-corrected chi connectivity index (χ1v) is 7.36. The predicted octanol–water partition coefficient (Wildman–Crippen LogP) is 3.43. The molecule has 4 nitrogen and oxygen atoms in total. The van der Waals surface area contributed by atoms with E-state index in [0.717, 1.165) is 11.3 Å². The molecule has 1 unspecified atom stereocenters. The van der Waals surface area contributed by atoms with Crippen molar-refractivity contribution in [2.45, 2.75) is 12.3 Å². The van der Waals surface area contributed by atoms with Crippen LogP contribution in [0.5, 0.6) is 0 Å². The van der Waals surface area contributed by atoms with E-state index in [0.29, 0.717) is 10.7 Å². The van der Waals surface area contributed by atoms with E-state index >= 15 is 0 Å². The Kier molecular flexibility index (Phi) is 3.86. The van der Waals surface area contributed by atoms with E-state index in [1.54, 1.807) is 36.2 Å². The maximum atomic E-state index is 12.6. The van der Waals surface area contributed by atoms with Crippen LogP contribution in [0.3, 0.4) is 0 Å². The Balaban J connectivity index is 1.88. The van der Waals surface area contributed by atoms with Crippen molar-refractivity contribution >= 4 is 34.8 Å². The number of amides is 2. The van der Waals surface area contributed by atoms with E-state index in [4.69, 9.17) is 11.6 Å². The van der Waals surface area contributed by atoms with E-state index < -0.39 is 5.92 Å². The summed E-state index contributed by atoms with van der Waals surface area (Å²) < 4.78 is 0. The van der Waals surface area contributed by atoms with Crippen molar-refractivity contribution in [3.05, 3.63) is 59.1 Å². The first-order valence-electron chi connectivity index (χ1n) is 6.98. The molecular formula is C17H15ClN2O2. The predicted molar refractivity (Wildman–Crippen MR) is 87.3 cm³/mol. The van der Waals surface area contributed by atoms with Gasteiger partial charge in [-0.15, -0.1) is 0 Å². The summed E-state index contributed by atoms with van der Waals surface area (Å²) in [6.07, 6.45) is 0.174. The second kappa shape index (κ2) is 5.81. The zero-order valence-corrected chi connectivity index (χ0v) is 12.8. The van der Waals surface area contributed by atoms with Crippen molar-refractivity contribution in [2.75, 3.05) is 17.3 Å². The summed E-state index contributed by atoms with van der Waals surface area (Å²) in [5.41, 5.74) is 2.32. The van der Waals surface area contributed by atoms with Gasteiger partial charge in [0, 0.05) is 29.9 Å². The van der Waals surface area contributed by atoms with Gasteiger partial charge in [0.25, 0.3) is 0 Å². The molecule has 5 heteroatoms. The van der Waals surface area contributed by atoms with Gasteiger partial charge in [-0.1, -0.05) is 29.8 Å². The van der Waals surface area contributed by atoms with Crippen LogP contribution < -0.4 is 10.2 Å². The third-order valence-electron chi connectivity index (χ3n) is 3.85. The third-order valence-corrected chi connectivity index (χ3v) is 4.11. The molecule has 1 aliphatic rings. The number of hydrogen-bond donors (Lipinski definition) is 1. The average Bonchev–Trinajstić information content (AvgIpc) is 2.53. The Bertz CT molecular complexity index is 728.